The van der Waals surface area contributed by atoms with E-state index in [0.717, 1.165) is 18.7 Å². The van der Waals surface area contributed by atoms with E-state index in [9.17, 15) is 4.79 Å². The molecule has 0 fully saturated rings. The number of carbonyl (C=O) groups is 1. The summed E-state index contributed by atoms with van der Waals surface area (Å²) >= 11 is 0. The molecule has 3 heteroatoms. The number of benzene rings is 1. The summed E-state index contributed by atoms with van der Waals surface area (Å²) in [5.41, 5.74) is 2.21. The SMILES string of the molecule is COC(=O)N1CC(C)Cc2ccccc21. The van der Waals surface area contributed by atoms with Crippen molar-refractivity contribution in [3.8, 4) is 0 Å². The molecule has 0 N–H and O–H groups in total. The summed E-state index contributed by atoms with van der Waals surface area (Å²) in [5.74, 6) is 0.485. The summed E-state index contributed by atoms with van der Waals surface area (Å²) in [6, 6.07) is 8.00. The number of hydrogen-bond acceptors (Lipinski definition) is 2. The molecule has 0 bridgehead atoms. The van der Waals surface area contributed by atoms with E-state index in [4.69, 9.17) is 4.74 Å². The van der Waals surface area contributed by atoms with Gasteiger partial charge in [0.15, 0.2) is 0 Å². The number of fused-ring (bicyclic) bond motifs is 1. The van der Waals surface area contributed by atoms with E-state index < -0.39 is 0 Å². The molecule has 0 aromatic heterocycles. The molecule has 0 spiro atoms. The molecule has 0 saturated heterocycles. The van der Waals surface area contributed by atoms with Crippen molar-refractivity contribution in [3.63, 3.8) is 0 Å². The Morgan fingerprint density at radius 2 is 2.20 bits per heavy atom. The molecule has 2 rings (SSSR count). The van der Waals surface area contributed by atoms with Gasteiger partial charge in [0.2, 0.25) is 0 Å². The molecule has 1 aliphatic heterocycles. The van der Waals surface area contributed by atoms with E-state index in [-0.39, 0.29) is 6.09 Å². The summed E-state index contributed by atoms with van der Waals surface area (Å²) in [7, 11) is 1.42. The molecule has 1 aromatic carbocycles. The van der Waals surface area contributed by atoms with Crippen LogP contribution >= 0.6 is 0 Å². The quantitative estimate of drug-likeness (QED) is 0.651. The van der Waals surface area contributed by atoms with Gasteiger partial charge in [-0.3, -0.25) is 4.90 Å². The zero-order valence-corrected chi connectivity index (χ0v) is 9.06. The fourth-order valence-electron chi connectivity index (χ4n) is 2.08. The third-order valence-electron chi connectivity index (χ3n) is 2.74. The second-order valence-corrected chi connectivity index (χ2v) is 4.02. The molecule has 0 saturated carbocycles. The molecule has 80 valence electrons. The molecule has 3 nitrogen and oxygen atoms in total. The van der Waals surface area contributed by atoms with Crippen molar-refractivity contribution in [1.82, 2.24) is 0 Å². The Morgan fingerprint density at radius 1 is 1.47 bits per heavy atom. The van der Waals surface area contributed by atoms with Crippen LogP contribution in [0.5, 0.6) is 0 Å². The number of amides is 1. The van der Waals surface area contributed by atoms with Gasteiger partial charge in [-0.25, -0.2) is 4.79 Å². The largest absolute Gasteiger partial charge is 0.452 e. The van der Waals surface area contributed by atoms with Gasteiger partial charge in [0, 0.05) is 6.54 Å². The lowest BCUT2D eigenvalue weighted by Gasteiger charge is -2.31. The number of carbonyl (C=O) groups excluding carboxylic acids is 1. The van der Waals surface area contributed by atoms with Crippen LogP contribution in [0.4, 0.5) is 10.5 Å². The first-order chi connectivity index (χ1) is 7.22. The third kappa shape index (κ3) is 1.82. The molecular weight excluding hydrogens is 190 g/mol. The molecule has 1 unspecified atom stereocenters. The Morgan fingerprint density at radius 3 is 2.93 bits per heavy atom. The lowest BCUT2D eigenvalue weighted by molar-refractivity contribution is 0.177. The van der Waals surface area contributed by atoms with Crippen LogP contribution in [-0.4, -0.2) is 19.7 Å². The first kappa shape index (κ1) is 10.0. The van der Waals surface area contributed by atoms with Gasteiger partial charge in [0.25, 0.3) is 0 Å². The highest BCUT2D eigenvalue weighted by molar-refractivity contribution is 5.89. The fraction of sp³-hybridized carbons (Fsp3) is 0.417. The first-order valence-corrected chi connectivity index (χ1v) is 5.15. The van der Waals surface area contributed by atoms with Crippen LogP contribution in [0.2, 0.25) is 0 Å². The lowest BCUT2D eigenvalue weighted by atomic mass is 9.94. The Hall–Kier alpha value is -1.51. The van der Waals surface area contributed by atoms with Gasteiger partial charge in [-0.2, -0.15) is 0 Å². The number of ether oxygens (including phenoxy) is 1. The maximum absolute atomic E-state index is 11.6. The normalized spacial score (nSPS) is 19.6. The van der Waals surface area contributed by atoms with Crippen molar-refractivity contribution in [1.29, 1.82) is 0 Å². The highest BCUT2D eigenvalue weighted by Crippen LogP contribution is 2.29. The maximum atomic E-state index is 11.6. The zero-order chi connectivity index (χ0) is 10.8. The number of para-hydroxylation sites is 1. The van der Waals surface area contributed by atoms with Crippen molar-refractivity contribution >= 4 is 11.8 Å². The van der Waals surface area contributed by atoms with E-state index >= 15 is 0 Å². The van der Waals surface area contributed by atoms with E-state index in [2.05, 4.69) is 13.0 Å². The average Bonchev–Trinajstić information content (AvgIpc) is 2.26. The van der Waals surface area contributed by atoms with E-state index in [1.165, 1.54) is 12.7 Å². The van der Waals surface area contributed by atoms with Gasteiger partial charge in [-0.05, 0) is 24.0 Å². The summed E-state index contributed by atoms with van der Waals surface area (Å²) < 4.78 is 4.78. The van der Waals surface area contributed by atoms with Crippen LogP contribution < -0.4 is 4.90 Å². The minimum atomic E-state index is -0.269. The Bertz CT molecular complexity index is 376. The number of hydrogen-bond donors (Lipinski definition) is 0. The van der Waals surface area contributed by atoms with E-state index in [1.807, 2.05) is 18.2 Å². The van der Waals surface area contributed by atoms with Crippen LogP contribution in [0, 0.1) is 5.92 Å². The summed E-state index contributed by atoms with van der Waals surface area (Å²) in [6.45, 7) is 2.88. The molecule has 1 heterocycles. The zero-order valence-electron chi connectivity index (χ0n) is 9.06. The van der Waals surface area contributed by atoms with Crippen molar-refractivity contribution in [2.75, 3.05) is 18.6 Å². The fourth-order valence-corrected chi connectivity index (χ4v) is 2.08. The molecule has 1 aromatic rings. The highest BCUT2D eigenvalue weighted by atomic mass is 16.5. The Labute approximate surface area is 89.7 Å². The molecule has 0 radical (unpaired) electrons. The van der Waals surface area contributed by atoms with Gasteiger partial charge in [0.1, 0.15) is 0 Å². The van der Waals surface area contributed by atoms with Crippen LogP contribution in [-0.2, 0) is 11.2 Å². The average molecular weight is 205 g/mol. The Balaban J connectivity index is 2.38. The van der Waals surface area contributed by atoms with Crippen LogP contribution in [0.25, 0.3) is 0 Å². The number of methoxy groups -OCH3 is 1. The van der Waals surface area contributed by atoms with Gasteiger partial charge >= 0.3 is 6.09 Å². The Kier molecular flexibility index (Phi) is 2.62. The summed E-state index contributed by atoms with van der Waals surface area (Å²) in [5, 5.41) is 0. The van der Waals surface area contributed by atoms with E-state index in [0.29, 0.717) is 5.92 Å². The lowest BCUT2D eigenvalue weighted by Crippen LogP contribution is -2.39. The maximum Gasteiger partial charge on any atom is 0.414 e. The van der Waals surface area contributed by atoms with Crippen molar-refractivity contribution in [3.05, 3.63) is 29.8 Å². The molecule has 15 heavy (non-hydrogen) atoms. The minimum absolute atomic E-state index is 0.269. The second-order valence-electron chi connectivity index (χ2n) is 4.02. The van der Waals surface area contributed by atoms with E-state index in [1.54, 1.807) is 4.90 Å². The predicted octanol–water partition coefficient (Wildman–Crippen LogP) is 2.45. The predicted molar refractivity (Wildman–Crippen MR) is 59.1 cm³/mol. The molecule has 1 atom stereocenters. The van der Waals surface area contributed by atoms with Gasteiger partial charge in [-0.1, -0.05) is 25.1 Å². The van der Waals surface area contributed by atoms with Crippen molar-refractivity contribution in [2.24, 2.45) is 5.92 Å². The topological polar surface area (TPSA) is 29.5 Å². The smallest absolute Gasteiger partial charge is 0.414 e. The standard InChI is InChI=1S/C12H15NO2/c1-9-7-10-5-3-4-6-11(10)13(8-9)12(14)15-2/h3-6,9H,7-8H2,1-2H3. The summed E-state index contributed by atoms with van der Waals surface area (Å²) in [6.07, 6.45) is 0.762. The van der Waals surface area contributed by atoms with Gasteiger partial charge in [-0.15, -0.1) is 0 Å². The van der Waals surface area contributed by atoms with Crippen LogP contribution in [0.1, 0.15) is 12.5 Å². The second kappa shape index (κ2) is 3.93. The molecule has 1 aliphatic rings. The molecule has 0 aliphatic carbocycles. The van der Waals surface area contributed by atoms with Crippen molar-refractivity contribution in [2.45, 2.75) is 13.3 Å². The van der Waals surface area contributed by atoms with Gasteiger partial charge < -0.3 is 4.74 Å². The summed E-state index contributed by atoms with van der Waals surface area (Å²) in [4.78, 5) is 13.3. The molecular formula is C12H15NO2. The van der Waals surface area contributed by atoms with Gasteiger partial charge in [0.05, 0.1) is 12.8 Å². The third-order valence-corrected chi connectivity index (χ3v) is 2.74. The first-order valence-electron chi connectivity index (χ1n) is 5.15. The highest BCUT2D eigenvalue weighted by Gasteiger charge is 2.26. The molecule has 1 amide bonds. The number of rotatable bonds is 0. The van der Waals surface area contributed by atoms with Crippen molar-refractivity contribution < 1.29 is 9.53 Å². The monoisotopic (exact) mass is 205 g/mol. The number of nitrogens with zero attached hydrogens (tertiary/aromatic N) is 1. The van der Waals surface area contributed by atoms with Crippen LogP contribution in [0.3, 0.4) is 0 Å². The number of anilines is 1. The minimum Gasteiger partial charge on any atom is -0.452 e. The van der Waals surface area contributed by atoms with Crippen LogP contribution in [0.15, 0.2) is 24.3 Å².